The smallest absolute Gasteiger partial charge is 0.412 e. The first kappa shape index (κ1) is 21.8. The second-order valence-corrected chi connectivity index (χ2v) is 8.27. The first-order valence-corrected chi connectivity index (χ1v) is 11.3. The van der Waals surface area contributed by atoms with E-state index in [4.69, 9.17) is 10.5 Å². The summed E-state index contributed by atoms with van der Waals surface area (Å²) in [4.78, 5) is 14.4. The van der Waals surface area contributed by atoms with Crippen molar-refractivity contribution < 1.29 is 9.53 Å². The fourth-order valence-electron chi connectivity index (χ4n) is 4.88. The Morgan fingerprint density at radius 1 is 1.06 bits per heavy atom. The predicted molar refractivity (Wildman–Crippen MR) is 128 cm³/mol. The summed E-state index contributed by atoms with van der Waals surface area (Å²) in [5.41, 5.74) is 12.1. The molecule has 2 atom stereocenters. The molecule has 2 aliphatic rings. The lowest BCUT2D eigenvalue weighted by molar-refractivity contribution is 0.155. The van der Waals surface area contributed by atoms with Crippen LogP contribution in [0, 0.1) is 0 Å². The van der Waals surface area contributed by atoms with E-state index < -0.39 is 6.09 Å². The van der Waals surface area contributed by atoms with E-state index in [0.717, 1.165) is 42.8 Å². The third kappa shape index (κ3) is 4.57. The van der Waals surface area contributed by atoms with E-state index in [-0.39, 0.29) is 17.7 Å². The average Bonchev–Trinajstić information content (AvgIpc) is 2.80. The van der Waals surface area contributed by atoms with Crippen LogP contribution in [0.2, 0.25) is 0 Å². The van der Waals surface area contributed by atoms with E-state index in [1.165, 1.54) is 11.1 Å². The van der Waals surface area contributed by atoms with Crippen LogP contribution in [0.1, 0.15) is 42.7 Å². The topological polar surface area (TPSA) is 67.6 Å². The standard InChI is InChI=1S/C27H31N3O2/c1-3-32-27(31)29-25(28)18-24-23(21-12-8-5-9-13-21)15-17-30-16-14-22(19(2)26(24)30)20-10-6-4-7-11-20/h4-13,18,22-23H,2-3,14-17,28H2,1H3,(H,29,31)/b25-18+/t22-,23+/m1/s1. The van der Waals surface area contributed by atoms with Crippen molar-refractivity contribution in [2.24, 2.45) is 5.73 Å². The van der Waals surface area contributed by atoms with Crippen LogP contribution in [-0.4, -0.2) is 30.7 Å². The van der Waals surface area contributed by atoms with Gasteiger partial charge in [-0.3, -0.25) is 5.32 Å². The molecule has 0 unspecified atom stereocenters. The second kappa shape index (κ2) is 9.77. The Morgan fingerprint density at radius 2 is 1.62 bits per heavy atom. The van der Waals surface area contributed by atoms with Crippen LogP contribution in [0.15, 0.2) is 96.0 Å². The molecule has 2 aromatic carbocycles. The highest BCUT2D eigenvalue weighted by Crippen LogP contribution is 2.46. The molecule has 0 aliphatic carbocycles. The molecular weight excluding hydrogens is 398 g/mol. The molecule has 0 radical (unpaired) electrons. The van der Waals surface area contributed by atoms with Gasteiger partial charge in [-0.05, 0) is 48.1 Å². The van der Waals surface area contributed by atoms with Crippen molar-refractivity contribution in [1.29, 1.82) is 0 Å². The van der Waals surface area contributed by atoms with Gasteiger partial charge in [0.15, 0.2) is 0 Å². The zero-order valence-electron chi connectivity index (χ0n) is 18.6. The van der Waals surface area contributed by atoms with E-state index in [9.17, 15) is 4.79 Å². The third-order valence-electron chi connectivity index (χ3n) is 6.30. The molecule has 4 rings (SSSR count). The van der Waals surface area contributed by atoms with Crippen molar-refractivity contribution in [3.8, 4) is 0 Å². The highest BCUT2D eigenvalue weighted by atomic mass is 16.5. The minimum Gasteiger partial charge on any atom is -0.450 e. The highest BCUT2D eigenvalue weighted by Gasteiger charge is 2.35. The molecule has 32 heavy (non-hydrogen) atoms. The number of carbonyl (C=O) groups is 1. The van der Waals surface area contributed by atoms with Crippen molar-refractivity contribution >= 4 is 6.09 Å². The first-order chi connectivity index (χ1) is 15.6. The van der Waals surface area contributed by atoms with Crippen molar-refractivity contribution in [1.82, 2.24) is 10.2 Å². The Bertz CT molecular complexity index is 1030. The molecule has 1 amide bonds. The summed E-state index contributed by atoms with van der Waals surface area (Å²) in [7, 11) is 0. The summed E-state index contributed by atoms with van der Waals surface area (Å²) in [6, 6.07) is 21.0. The Morgan fingerprint density at radius 3 is 2.22 bits per heavy atom. The Labute approximate surface area is 190 Å². The van der Waals surface area contributed by atoms with Gasteiger partial charge in [0.05, 0.1) is 6.61 Å². The molecule has 5 heteroatoms. The second-order valence-electron chi connectivity index (χ2n) is 8.27. The maximum absolute atomic E-state index is 11.9. The Balaban J connectivity index is 1.78. The van der Waals surface area contributed by atoms with Gasteiger partial charge < -0.3 is 15.4 Å². The molecule has 0 bridgehead atoms. The molecule has 2 aliphatic heterocycles. The predicted octanol–water partition coefficient (Wildman–Crippen LogP) is 5.02. The van der Waals surface area contributed by atoms with Crippen LogP contribution < -0.4 is 11.1 Å². The number of hydrogen-bond donors (Lipinski definition) is 2. The number of nitrogens with one attached hydrogen (secondary N) is 1. The van der Waals surface area contributed by atoms with Gasteiger partial charge in [0.1, 0.15) is 5.82 Å². The lowest BCUT2D eigenvalue weighted by Gasteiger charge is -2.44. The molecular formula is C27H31N3O2. The Hall–Kier alpha value is -3.47. The summed E-state index contributed by atoms with van der Waals surface area (Å²) >= 11 is 0. The number of alkyl carbamates (subject to hydrolysis) is 1. The molecule has 0 aromatic heterocycles. The number of benzene rings is 2. The molecule has 1 fully saturated rings. The maximum atomic E-state index is 11.9. The highest BCUT2D eigenvalue weighted by molar-refractivity contribution is 5.69. The summed E-state index contributed by atoms with van der Waals surface area (Å²) in [6.45, 7) is 8.55. The van der Waals surface area contributed by atoms with Crippen LogP contribution in [0.5, 0.6) is 0 Å². The van der Waals surface area contributed by atoms with Gasteiger partial charge in [0, 0.05) is 30.6 Å². The number of amides is 1. The van der Waals surface area contributed by atoms with Crippen molar-refractivity contribution in [2.75, 3.05) is 19.7 Å². The third-order valence-corrected chi connectivity index (χ3v) is 6.30. The fraction of sp³-hybridized carbons (Fsp3) is 0.296. The molecule has 3 N–H and O–H groups in total. The molecule has 2 aromatic rings. The number of ether oxygens (including phenoxy) is 1. The van der Waals surface area contributed by atoms with Crippen LogP contribution in [-0.2, 0) is 4.74 Å². The molecule has 0 spiro atoms. The number of allylic oxidation sites excluding steroid dienone is 3. The maximum Gasteiger partial charge on any atom is 0.412 e. The van der Waals surface area contributed by atoms with E-state index >= 15 is 0 Å². The van der Waals surface area contributed by atoms with Crippen molar-refractivity contribution in [3.63, 3.8) is 0 Å². The summed E-state index contributed by atoms with van der Waals surface area (Å²) in [5, 5.41) is 2.65. The van der Waals surface area contributed by atoms with Gasteiger partial charge in [-0.1, -0.05) is 67.2 Å². The number of fused-ring (bicyclic) bond motifs is 1. The molecule has 5 nitrogen and oxygen atoms in total. The van der Waals surface area contributed by atoms with E-state index in [1.807, 2.05) is 18.2 Å². The van der Waals surface area contributed by atoms with E-state index in [1.54, 1.807) is 6.92 Å². The first-order valence-electron chi connectivity index (χ1n) is 11.3. The average molecular weight is 430 g/mol. The largest absolute Gasteiger partial charge is 0.450 e. The van der Waals surface area contributed by atoms with Crippen LogP contribution >= 0.6 is 0 Å². The van der Waals surface area contributed by atoms with Crippen molar-refractivity contribution in [3.05, 3.63) is 107 Å². The zero-order chi connectivity index (χ0) is 22.5. The molecule has 166 valence electrons. The van der Waals surface area contributed by atoms with Gasteiger partial charge in [0.2, 0.25) is 0 Å². The molecule has 2 heterocycles. The number of carbonyl (C=O) groups excluding carboxylic acids is 1. The summed E-state index contributed by atoms with van der Waals surface area (Å²) in [6.07, 6.45) is 3.38. The minimum atomic E-state index is -0.541. The van der Waals surface area contributed by atoms with Gasteiger partial charge >= 0.3 is 6.09 Å². The lowest BCUT2D eigenvalue weighted by atomic mass is 9.76. The van der Waals surface area contributed by atoms with Gasteiger partial charge in [-0.2, -0.15) is 0 Å². The molecule has 1 saturated heterocycles. The molecule has 0 saturated carbocycles. The monoisotopic (exact) mass is 429 g/mol. The van der Waals surface area contributed by atoms with Crippen LogP contribution in [0.25, 0.3) is 0 Å². The minimum absolute atomic E-state index is 0.177. The number of nitrogens with two attached hydrogens (primary N) is 1. The summed E-state index contributed by atoms with van der Waals surface area (Å²) in [5.74, 6) is 0.722. The zero-order valence-corrected chi connectivity index (χ0v) is 18.6. The van der Waals surface area contributed by atoms with Gasteiger partial charge in [0.25, 0.3) is 0 Å². The van der Waals surface area contributed by atoms with Crippen LogP contribution in [0.3, 0.4) is 0 Å². The van der Waals surface area contributed by atoms with Gasteiger partial charge in [-0.15, -0.1) is 0 Å². The number of piperidine rings is 1. The number of rotatable bonds is 5. The van der Waals surface area contributed by atoms with E-state index in [0.29, 0.717) is 6.61 Å². The lowest BCUT2D eigenvalue weighted by Crippen LogP contribution is -2.39. The van der Waals surface area contributed by atoms with Crippen LogP contribution in [0.4, 0.5) is 4.79 Å². The van der Waals surface area contributed by atoms with Crippen molar-refractivity contribution in [2.45, 2.75) is 31.6 Å². The Kier molecular flexibility index (Phi) is 6.64. The SMILES string of the molecule is C=C1C2=C(/C=C(\N)NC(=O)OCC)[C@H](c3ccccc3)CCN2CC[C@H]1c1ccccc1. The van der Waals surface area contributed by atoms with E-state index in [2.05, 4.69) is 65.3 Å². The summed E-state index contributed by atoms with van der Waals surface area (Å²) < 4.78 is 5.00. The van der Waals surface area contributed by atoms with Gasteiger partial charge in [-0.25, -0.2) is 4.79 Å². The fourth-order valence-corrected chi connectivity index (χ4v) is 4.88. The normalized spacial score (nSPS) is 21.2. The number of nitrogens with zero attached hydrogens (tertiary/aromatic N) is 1. The quantitative estimate of drug-likeness (QED) is 0.700. The number of hydrogen-bond acceptors (Lipinski definition) is 4.